The number of nitrogens with one attached hydrogen (secondary N) is 1. The van der Waals surface area contributed by atoms with E-state index < -0.39 is 0 Å². The van der Waals surface area contributed by atoms with Gasteiger partial charge in [0.25, 0.3) is 0 Å². The monoisotopic (exact) mass is 324 g/mol. The van der Waals surface area contributed by atoms with Crippen LogP contribution in [0.3, 0.4) is 0 Å². The summed E-state index contributed by atoms with van der Waals surface area (Å²) in [5, 5.41) is 2.98. The molecule has 4 nitrogen and oxygen atoms in total. The van der Waals surface area contributed by atoms with Gasteiger partial charge in [-0.3, -0.25) is 0 Å². The minimum Gasteiger partial charge on any atom is -0.372 e. The van der Waals surface area contributed by atoms with Crippen molar-refractivity contribution >= 4 is 27.6 Å². The molecule has 0 aliphatic heterocycles. The van der Waals surface area contributed by atoms with E-state index >= 15 is 0 Å². The molecule has 0 amide bonds. The Morgan fingerprint density at radius 3 is 2.84 bits per heavy atom. The largest absolute Gasteiger partial charge is 0.372 e. The van der Waals surface area contributed by atoms with Crippen molar-refractivity contribution in [3.05, 3.63) is 46.4 Å². The van der Waals surface area contributed by atoms with E-state index in [1.54, 1.807) is 13.1 Å². The van der Waals surface area contributed by atoms with Gasteiger partial charge in [-0.2, -0.15) is 0 Å². The van der Waals surface area contributed by atoms with Gasteiger partial charge in [-0.05, 0) is 33.6 Å². The van der Waals surface area contributed by atoms with E-state index in [1.165, 1.54) is 18.5 Å². The van der Waals surface area contributed by atoms with E-state index in [9.17, 15) is 4.39 Å². The molecule has 100 valence electrons. The van der Waals surface area contributed by atoms with Crippen LogP contribution in [0.15, 0.2) is 35.1 Å². The maximum Gasteiger partial charge on any atom is 0.148 e. The Morgan fingerprint density at radius 1 is 1.37 bits per heavy atom. The van der Waals surface area contributed by atoms with Gasteiger partial charge in [0.05, 0.1) is 0 Å². The van der Waals surface area contributed by atoms with E-state index in [1.807, 2.05) is 18.0 Å². The predicted octanol–water partition coefficient (Wildman–Crippen LogP) is 3.06. The van der Waals surface area contributed by atoms with Gasteiger partial charge in [-0.15, -0.1) is 0 Å². The third-order valence-corrected chi connectivity index (χ3v) is 3.41. The van der Waals surface area contributed by atoms with Crippen LogP contribution in [-0.4, -0.2) is 24.1 Å². The van der Waals surface area contributed by atoms with E-state index in [0.717, 1.165) is 21.7 Å². The molecule has 0 bridgehead atoms. The highest BCUT2D eigenvalue weighted by Gasteiger charge is 2.12. The van der Waals surface area contributed by atoms with Gasteiger partial charge >= 0.3 is 0 Å². The van der Waals surface area contributed by atoms with Crippen LogP contribution in [0, 0.1) is 5.82 Å². The van der Waals surface area contributed by atoms with Crippen LogP contribution < -0.4 is 10.2 Å². The normalized spacial score (nSPS) is 10.3. The molecular formula is C13H14BrFN4. The molecule has 0 radical (unpaired) electrons. The van der Waals surface area contributed by atoms with E-state index in [2.05, 4.69) is 31.2 Å². The summed E-state index contributed by atoms with van der Waals surface area (Å²) in [6, 6.07) is 6.54. The van der Waals surface area contributed by atoms with Crippen molar-refractivity contribution in [3.8, 4) is 0 Å². The van der Waals surface area contributed by atoms with Crippen LogP contribution >= 0.6 is 15.9 Å². The Morgan fingerprint density at radius 2 is 2.16 bits per heavy atom. The maximum atomic E-state index is 13.2. The Kier molecular flexibility index (Phi) is 4.31. The highest BCUT2D eigenvalue weighted by atomic mass is 79.9. The molecule has 0 spiro atoms. The van der Waals surface area contributed by atoms with Crippen LogP contribution in [0.4, 0.5) is 16.0 Å². The van der Waals surface area contributed by atoms with E-state index in [-0.39, 0.29) is 5.82 Å². The van der Waals surface area contributed by atoms with E-state index in [4.69, 9.17) is 0 Å². The molecular weight excluding hydrogens is 311 g/mol. The molecule has 0 unspecified atom stereocenters. The fourth-order valence-corrected chi connectivity index (χ4v) is 2.49. The lowest BCUT2D eigenvalue weighted by atomic mass is 10.2. The Hall–Kier alpha value is -1.69. The molecule has 0 atom stereocenters. The van der Waals surface area contributed by atoms with Gasteiger partial charge in [0.2, 0.25) is 0 Å². The average Bonchev–Trinajstić information content (AvgIpc) is 2.39. The van der Waals surface area contributed by atoms with Crippen molar-refractivity contribution in [2.24, 2.45) is 0 Å². The van der Waals surface area contributed by atoms with E-state index in [0.29, 0.717) is 6.54 Å². The lowest BCUT2D eigenvalue weighted by Gasteiger charge is -2.20. The maximum absolute atomic E-state index is 13.2. The van der Waals surface area contributed by atoms with Crippen LogP contribution in [0.5, 0.6) is 0 Å². The molecule has 0 saturated carbocycles. The molecule has 1 N–H and O–H groups in total. The highest BCUT2D eigenvalue weighted by molar-refractivity contribution is 9.10. The van der Waals surface area contributed by atoms with Crippen molar-refractivity contribution in [3.63, 3.8) is 0 Å². The zero-order chi connectivity index (χ0) is 13.8. The number of rotatable bonds is 4. The van der Waals surface area contributed by atoms with Gasteiger partial charge in [0, 0.05) is 20.6 Å². The lowest BCUT2D eigenvalue weighted by molar-refractivity contribution is 0.625. The first-order valence-corrected chi connectivity index (χ1v) is 6.55. The van der Waals surface area contributed by atoms with Crippen molar-refractivity contribution in [2.75, 3.05) is 24.3 Å². The first-order chi connectivity index (χ1) is 9.11. The molecule has 2 aromatic rings. The van der Waals surface area contributed by atoms with Gasteiger partial charge < -0.3 is 10.2 Å². The molecule has 0 fully saturated rings. The molecule has 1 aromatic heterocycles. The molecule has 6 heteroatoms. The summed E-state index contributed by atoms with van der Waals surface area (Å²) < 4.78 is 13.9. The molecule has 0 aliphatic carbocycles. The Labute approximate surface area is 119 Å². The van der Waals surface area contributed by atoms with Gasteiger partial charge in [0.15, 0.2) is 0 Å². The summed E-state index contributed by atoms with van der Waals surface area (Å²) >= 11 is 3.47. The third kappa shape index (κ3) is 3.20. The van der Waals surface area contributed by atoms with Crippen LogP contribution in [0.25, 0.3) is 0 Å². The number of aromatic nitrogens is 2. The molecule has 2 rings (SSSR count). The first kappa shape index (κ1) is 13.7. The number of halogens is 2. The molecule has 0 aliphatic rings. The summed E-state index contributed by atoms with van der Waals surface area (Å²) in [4.78, 5) is 10.3. The van der Waals surface area contributed by atoms with Crippen LogP contribution in [-0.2, 0) is 6.54 Å². The highest BCUT2D eigenvalue weighted by Crippen LogP contribution is 2.29. The van der Waals surface area contributed by atoms with Gasteiger partial charge in [0.1, 0.15) is 28.3 Å². The predicted molar refractivity (Wildman–Crippen MR) is 77.8 cm³/mol. The topological polar surface area (TPSA) is 41.1 Å². The number of nitrogens with zero attached hydrogens (tertiary/aromatic N) is 3. The standard InChI is InChI=1S/C13H14BrFN4/c1-16-12-11(14)13(18-8-17-12)19(2)7-9-4-3-5-10(15)6-9/h3-6,8H,7H2,1-2H3,(H,16,17,18). The SMILES string of the molecule is CNc1ncnc(N(C)Cc2cccc(F)c2)c1Br. The smallest absolute Gasteiger partial charge is 0.148 e. The molecule has 19 heavy (non-hydrogen) atoms. The summed E-state index contributed by atoms with van der Waals surface area (Å²) in [5.74, 6) is 1.24. The lowest BCUT2D eigenvalue weighted by Crippen LogP contribution is -2.19. The first-order valence-electron chi connectivity index (χ1n) is 5.75. The van der Waals surface area contributed by atoms with Crippen LogP contribution in [0.1, 0.15) is 5.56 Å². The minimum absolute atomic E-state index is 0.233. The number of hydrogen-bond donors (Lipinski definition) is 1. The molecule has 1 aromatic carbocycles. The summed E-state index contributed by atoms with van der Waals surface area (Å²) in [6.07, 6.45) is 1.49. The molecule has 0 saturated heterocycles. The molecule has 1 heterocycles. The zero-order valence-electron chi connectivity index (χ0n) is 10.7. The average molecular weight is 325 g/mol. The van der Waals surface area contributed by atoms with Crippen molar-refractivity contribution in [2.45, 2.75) is 6.54 Å². The van der Waals surface area contributed by atoms with Crippen molar-refractivity contribution in [1.82, 2.24) is 9.97 Å². The quantitative estimate of drug-likeness (QED) is 0.938. The number of anilines is 2. The second-order valence-corrected chi connectivity index (χ2v) is 4.89. The number of hydrogen-bond acceptors (Lipinski definition) is 4. The summed E-state index contributed by atoms with van der Waals surface area (Å²) in [7, 11) is 3.70. The van der Waals surface area contributed by atoms with Crippen molar-refractivity contribution < 1.29 is 4.39 Å². The van der Waals surface area contributed by atoms with Gasteiger partial charge in [-0.25, -0.2) is 14.4 Å². The fourth-order valence-electron chi connectivity index (χ4n) is 1.79. The summed E-state index contributed by atoms with van der Waals surface area (Å²) in [5.41, 5.74) is 0.888. The van der Waals surface area contributed by atoms with Gasteiger partial charge in [-0.1, -0.05) is 12.1 Å². The summed E-state index contributed by atoms with van der Waals surface area (Å²) in [6.45, 7) is 0.566. The zero-order valence-corrected chi connectivity index (χ0v) is 12.3. The Bertz CT molecular complexity index is 576. The van der Waals surface area contributed by atoms with Crippen molar-refractivity contribution in [1.29, 1.82) is 0 Å². The minimum atomic E-state index is -0.233. The Balaban J connectivity index is 2.23. The third-order valence-electron chi connectivity index (χ3n) is 2.68. The van der Waals surface area contributed by atoms with Crippen LogP contribution in [0.2, 0.25) is 0 Å². The fraction of sp³-hybridized carbons (Fsp3) is 0.231. The second kappa shape index (κ2) is 5.97. The second-order valence-electron chi connectivity index (χ2n) is 4.10. The number of benzene rings is 1.